The van der Waals surface area contributed by atoms with Gasteiger partial charge in [-0.15, -0.1) is 0 Å². The van der Waals surface area contributed by atoms with Gasteiger partial charge < -0.3 is 11.1 Å². The molecule has 0 saturated heterocycles. The lowest BCUT2D eigenvalue weighted by Crippen LogP contribution is -2.07. The molecule has 0 heterocycles. The van der Waals surface area contributed by atoms with E-state index in [1.165, 1.54) is 25.3 Å². The maximum atomic E-state index is 13.3. The Bertz CT molecular complexity index is 395. The number of nitrogens with one attached hydrogen (secondary N) is 1. The molecule has 1 aliphatic rings. The Morgan fingerprint density at radius 1 is 1.56 bits per heavy atom. The van der Waals surface area contributed by atoms with Gasteiger partial charge in [0.25, 0.3) is 0 Å². The van der Waals surface area contributed by atoms with Crippen molar-refractivity contribution in [2.24, 2.45) is 5.92 Å². The fourth-order valence-corrected chi connectivity index (χ4v) is 2.36. The van der Waals surface area contributed by atoms with Gasteiger partial charge in [-0.25, -0.2) is 4.39 Å². The van der Waals surface area contributed by atoms with Gasteiger partial charge in [0.2, 0.25) is 0 Å². The van der Waals surface area contributed by atoms with Gasteiger partial charge in [0.05, 0.1) is 15.8 Å². The lowest BCUT2D eigenvalue weighted by Gasteiger charge is -2.10. The van der Waals surface area contributed by atoms with Crippen LogP contribution in [-0.4, -0.2) is 6.04 Å². The first kappa shape index (κ1) is 11.7. The molecule has 1 aliphatic carbocycles. The van der Waals surface area contributed by atoms with Crippen molar-refractivity contribution < 1.29 is 4.39 Å². The lowest BCUT2D eigenvalue weighted by atomic mass is 10.2. The molecule has 2 nitrogen and oxygen atoms in total. The summed E-state index contributed by atoms with van der Waals surface area (Å²) in [5.41, 5.74) is 7.13. The minimum Gasteiger partial charge on any atom is -0.397 e. The Morgan fingerprint density at radius 3 is 3.00 bits per heavy atom. The normalized spacial score (nSPS) is 23.2. The van der Waals surface area contributed by atoms with E-state index in [1.54, 1.807) is 6.07 Å². The van der Waals surface area contributed by atoms with Crippen LogP contribution in [0.15, 0.2) is 16.6 Å². The molecule has 0 aromatic heterocycles. The molecule has 0 bridgehead atoms. The second-order valence-electron chi connectivity index (χ2n) is 4.39. The van der Waals surface area contributed by atoms with Gasteiger partial charge in [-0.05, 0) is 40.8 Å². The monoisotopic (exact) mass is 286 g/mol. The zero-order valence-electron chi connectivity index (χ0n) is 9.26. The molecule has 1 saturated carbocycles. The second kappa shape index (κ2) is 4.62. The van der Waals surface area contributed by atoms with Crippen LogP contribution in [0, 0.1) is 11.7 Å². The molecular formula is C12H16BrFN2. The zero-order chi connectivity index (χ0) is 11.7. The highest BCUT2D eigenvalue weighted by molar-refractivity contribution is 9.10. The molecule has 1 aromatic rings. The van der Waals surface area contributed by atoms with Crippen molar-refractivity contribution in [2.45, 2.75) is 32.2 Å². The second-order valence-corrected chi connectivity index (χ2v) is 5.24. The van der Waals surface area contributed by atoms with Crippen LogP contribution in [0.4, 0.5) is 15.8 Å². The van der Waals surface area contributed by atoms with Crippen LogP contribution in [0.3, 0.4) is 0 Å². The van der Waals surface area contributed by atoms with E-state index in [9.17, 15) is 4.39 Å². The first-order valence-electron chi connectivity index (χ1n) is 5.63. The van der Waals surface area contributed by atoms with Crippen LogP contribution < -0.4 is 11.1 Å². The summed E-state index contributed by atoms with van der Waals surface area (Å²) >= 11 is 3.12. The van der Waals surface area contributed by atoms with Gasteiger partial charge in [0.15, 0.2) is 0 Å². The van der Waals surface area contributed by atoms with E-state index < -0.39 is 0 Å². The van der Waals surface area contributed by atoms with Crippen LogP contribution in [0.25, 0.3) is 0 Å². The maximum Gasteiger partial charge on any atom is 0.139 e. The Labute approximate surface area is 104 Å². The molecular weight excluding hydrogens is 271 g/mol. The average molecular weight is 287 g/mol. The topological polar surface area (TPSA) is 38.0 Å². The average Bonchev–Trinajstić information content (AvgIpc) is 2.94. The van der Waals surface area contributed by atoms with E-state index in [1.807, 2.05) is 0 Å². The van der Waals surface area contributed by atoms with E-state index in [4.69, 9.17) is 5.73 Å². The SMILES string of the molecule is CCCC1CC1Nc1cc(F)c(Br)cc1N. The van der Waals surface area contributed by atoms with Crippen LogP contribution in [0.1, 0.15) is 26.2 Å². The zero-order valence-corrected chi connectivity index (χ0v) is 10.8. The Morgan fingerprint density at radius 2 is 2.31 bits per heavy atom. The highest BCUT2D eigenvalue weighted by Crippen LogP contribution is 2.39. The third kappa shape index (κ3) is 2.48. The van der Waals surface area contributed by atoms with E-state index >= 15 is 0 Å². The number of nitrogens with two attached hydrogens (primary N) is 1. The van der Waals surface area contributed by atoms with Crippen molar-refractivity contribution >= 4 is 27.3 Å². The van der Waals surface area contributed by atoms with Crippen molar-refractivity contribution in [2.75, 3.05) is 11.1 Å². The maximum absolute atomic E-state index is 13.3. The van der Waals surface area contributed by atoms with Gasteiger partial charge in [-0.1, -0.05) is 13.3 Å². The smallest absolute Gasteiger partial charge is 0.139 e. The van der Waals surface area contributed by atoms with Crippen LogP contribution in [0.5, 0.6) is 0 Å². The standard InChI is InChI=1S/C12H16BrFN2/c1-2-3-7-4-11(7)16-12-6-9(14)8(13)5-10(12)15/h5-7,11,16H,2-4,15H2,1H3. The summed E-state index contributed by atoms with van der Waals surface area (Å²) in [7, 11) is 0. The van der Waals surface area contributed by atoms with E-state index in [-0.39, 0.29) is 5.82 Å². The molecule has 0 aliphatic heterocycles. The molecule has 1 fully saturated rings. The van der Waals surface area contributed by atoms with Gasteiger partial charge in [0, 0.05) is 12.1 Å². The Hall–Kier alpha value is -0.770. The van der Waals surface area contributed by atoms with E-state index in [0.29, 0.717) is 21.9 Å². The number of rotatable bonds is 4. The molecule has 0 amide bonds. The molecule has 2 atom stereocenters. The van der Waals surface area contributed by atoms with Crippen molar-refractivity contribution in [3.05, 3.63) is 22.4 Å². The lowest BCUT2D eigenvalue weighted by molar-refractivity contribution is 0.621. The van der Waals surface area contributed by atoms with Crippen molar-refractivity contribution in [3.8, 4) is 0 Å². The molecule has 2 unspecified atom stereocenters. The van der Waals surface area contributed by atoms with E-state index in [0.717, 1.165) is 5.92 Å². The molecule has 3 N–H and O–H groups in total. The van der Waals surface area contributed by atoms with Crippen molar-refractivity contribution in [1.29, 1.82) is 0 Å². The van der Waals surface area contributed by atoms with Crippen LogP contribution in [-0.2, 0) is 0 Å². The predicted octanol–water partition coefficient (Wildman–Crippen LogP) is 3.77. The number of hydrogen-bond acceptors (Lipinski definition) is 2. The third-order valence-corrected chi connectivity index (χ3v) is 3.62. The summed E-state index contributed by atoms with van der Waals surface area (Å²) in [6.45, 7) is 2.18. The van der Waals surface area contributed by atoms with Crippen molar-refractivity contribution in [1.82, 2.24) is 0 Å². The van der Waals surface area contributed by atoms with Crippen LogP contribution >= 0.6 is 15.9 Å². The first-order chi connectivity index (χ1) is 7.61. The summed E-state index contributed by atoms with van der Waals surface area (Å²) in [6.07, 6.45) is 3.61. The number of nitrogen functional groups attached to an aromatic ring is 1. The minimum absolute atomic E-state index is 0.274. The summed E-state index contributed by atoms with van der Waals surface area (Å²) in [5.74, 6) is 0.459. The largest absolute Gasteiger partial charge is 0.397 e. The molecule has 4 heteroatoms. The van der Waals surface area contributed by atoms with Gasteiger partial charge in [-0.3, -0.25) is 0 Å². The van der Waals surface area contributed by atoms with Gasteiger partial charge >= 0.3 is 0 Å². The molecule has 0 radical (unpaired) electrons. The Balaban J connectivity index is 2.03. The Kier molecular flexibility index (Phi) is 3.38. The third-order valence-electron chi connectivity index (χ3n) is 3.02. The number of anilines is 2. The molecule has 0 spiro atoms. The summed E-state index contributed by atoms with van der Waals surface area (Å²) < 4.78 is 13.7. The molecule has 1 aromatic carbocycles. The molecule has 88 valence electrons. The highest BCUT2D eigenvalue weighted by Gasteiger charge is 2.36. The van der Waals surface area contributed by atoms with Gasteiger partial charge in [0.1, 0.15) is 5.82 Å². The predicted molar refractivity (Wildman–Crippen MR) is 68.9 cm³/mol. The number of halogens is 2. The fourth-order valence-electron chi connectivity index (χ4n) is 2.00. The molecule has 2 rings (SSSR count). The van der Waals surface area contributed by atoms with Gasteiger partial charge in [-0.2, -0.15) is 0 Å². The minimum atomic E-state index is -0.274. The summed E-state index contributed by atoms with van der Waals surface area (Å²) in [5, 5.41) is 3.30. The summed E-state index contributed by atoms with van der Waals surface area (Å²) in [4.78, 5) is 0. The number of hydrogen-bond donors (Lipinski definition) is 2. The van der Waals surface area contributed by atoms with E-state index in [2.05, 4.69) is 28.2 Å². The number of benzene rings is 1. The summed E-state index contributed by atoms with van der Waals surface area (Å²) in [6, 6.07) is 3.54. The highest BCUT2D eigenvalue weighted by atomic mass is 79.9. The van der Waals surface area contributed by atoms with Crippen molar-refractivity contribution in [3.63, 3.8) is 0 Å². The molecule has 16 heavy (non-hydrogen) atoms. The first-order valence-corrected chi connectivity index (χ1v) is 6.42. The quantitative estimate of drug-likeness (QED) is 0.827. The fraction of sp³-hybridized carbons (Fsp3) is 0.500. The van der Waals surface area contributed by atoms with Crippen LogP contribution in [0.2, 0.25) is 0 Å².